The lowest BCUT2D eigenvalue weighted by molar-refractivity contribution is 0.177. The molecule has 1 saturated carbocycles. The number of nitrogens with zero attached hydrogens (tertiary/aromatic N) is 2. The Morgan fingerprint density at radius 2 is 2.28 bits per heavy atom. The highest BCUT2D eigenvalue weighted by Crippen LogP contribution is 2.29. The molecular weight excluding hydrogens is 224 g/mol. The van der Waals surface area contributed by atoms with Gasteiger partial charge in [-0.2, -0.15) is 5.26 Å². The van der Waals surface area contributed by atoms with Crippen molar-refractivity contribution in [3.05, 3.63) is 23.4 Å². The molecule has 1 heterocycles. The summed E-state index contributed by atoms with van der Waals surface area (Å²) in [6.45, 7) is 4.91. The van der Waals surface area contributed by atoms with E-state index in [1.54, 1.807) is 6.07 Å². The minimum absolute atomic E-state index is 0.496. The van der Waals surface area contributed by atoms with Gasteiger partial charge >= 0.3 is 0 Å². The van der Waals surface area contributed by atoms with Crippen molar-refractivity contribution in [3.63, 3.8) is 0 Å². The van der Waals surface area contributed by atoms with Gasteiger partial charge in [0.1, 0.15) is 11.6 Å². The highest BCUT2D eigenvalue weighted by molar-refractivity contribution is 5.38. The van der Waals surface area contributed by atoms with Crippen LogP contribution in [-0.4, -0.2) is 11.6 Å². The Labute approximate surface area is 109 Å². The quantitative estimate of drug-likeness (QED) is 0.818. The van der Waals surface area contributed by atoms with Crippen LogP contribution in [0.15, 0.2) is 12.1 Å². The number of hydrogen-bond donors (Lipinski definition) is 0. The number of aryl methyl sites for hydroxylation is 1. The first kappa shape index (κ1) is 12.9. The molecule has 1 fully saturated rings. The van der Waals surface area contributed by atoms with Crippen LogP contribution in [-0.2, 0) is 0 Å². The smallest absolute Gasteiger partial charge is 0.231 e. The standard InChI is InChI=1S/C15H20N2O/c1-11-4-3-5-13(8-11)10-18-15-14(9-16)7-6-12(2)17-15/h6-7,11,13H,3-5,8,10H2,1-2H3. The van der Waals surface area contributed by atoms with Crippen LogP contribution in [0.1, 0.15) is 43.9 Å². The zero-order valence-electron chi connectivity index (χ0n) is 11.1. The molecule has 0 saturated heterocycles. The maximum Gasteiger partial charge on any atom is 0.231 e. The summed E-state index contributed by atoms with van der Waals surface area (Å²) in [6, 6.07) is 5.75. The third-order valence-electron chi connectivity index (χ3n) is 3.62. The maximum absolute atomic E-state index is 9.02. The van der Waals surface area contributed by atoms with Crippen molar-refractivity contribution in [2.24, 2.45) is 11.8 Å². The average Bonchev–Trinajstić information content (AvgIpc) is 2.37. The number of rotatable bonds is 3. The largest absolute Gasteiger partial charge is 0.476 e. The van der Waals surface area contributed by atoms with E-state index in [1.807, 2.05) is 13.0 Å². The Morgan fingerprint density at radius 1 is 1.44 bits per heavy atom. The molecule has 0 aliphatic heterocycles. The van der Waals surface area contributed by atoms with Gasteiger partial charge in [-0.1, -0.05) is 19.8 Å². The highest BCUT2D eigenvalue weighted by Gasteiger charge is 2.20. The van der Waals surface area contributed by atoms with Crippen LogP contribution in [0.2, 0.25) is 0 Å². The van der Waals surface area contributed by atoms with Gasteiger partial charge in [-0.15, -0.1) is 0 Å². The predicted molar refractivity (Wildman–Crippen MR) is 70.3 cm³/mol. The van der Waals surface area contributed by atoms with Gasteiger partial charge in [-0.3, -0.25) is 0 Å². The number of aromatic nitrogens is 1. The van der Waals surface area contributed by atoms with Crippen molar-refractivity contribution in [1.29, 1.82) is 5.26 Å². The fourth-order valence-corrected chi connectivity index (χ4v) is 2.64. The molecule has 2 unspecified atom stereocenters. The lowest BCUT2D eigenvalue weighted by Crippen LogP contribution is -2.20. The van der Waals surface area contributed by atoms with Gasteiger partial charge in [-0.05, 0) is 43.7 Å². The fourth-order valence-electron chi connectivity index (χ4n) is 2.64. The van der Waals surface area contributed by atoms with E-state index in [-0.39, 0.29) is 0 Å². The molecule has 0 spiro atoms. The van der Waals surface area contributed by atoms with Crippen molar-refractivity contribution < 1.29 is 4.74 Å². The van der Waals surface area contributed by atoms with Crippen LogP contribution < -0.4 is 4.74 Å². The van der Waals surface area contributed by atoms with Gasteiger partial charge in [0.15, 0.2) is 0 Å². The first-order valence-corrected chi connectivity index (χ1v) is 6.69. The van der Waals surface area contributed by atoms with Crippen LogP contribution in [0.3, 0.4) is 0 Å². The normalized spacial score (nSPS) is 23.4. The van der Waals surface area contributed by atoms with E-state index >= 15 is 0 Å². The van der Waals surface area contributed by atoms with Crippen molar-refractivity contribution in [1.82, 2.24) is 4.98 Å². The van der Waals surface area contributed by atoms with E-state index in [0.29, 0.717) is 24.0 Å². The Kier molecular flexibility index (Phi) is 4.19. The zero-order valence-corrected chi connectivity index (χ0v) is 11.1. The number of hydrogen-bond acceptors (Lipinski definition) is 3. The molecule has 1 aromatic heterocycles. The lowest BCUT2D eigenvalue weighted by Gasteiger charge is -2.26. The van der Waals surface area contributed by atoms with Crippen LogP contribution in [0.5, 0.6) is 5.88 Å². The van der Waals surface area contributed by atoms with E-state index in [0.717, 1.165) is 11.6 Å². The van der Waals surface area contributed by atoms with E-state index in [4.69, 9.17) is 10.00 Å². The molecule has 96 valence electrons. The Bertz CT molecular complexity index is 450. The van der Waals surface area contributed by atoms with Crippen LogP contribution in [0.25, 0.3) is 0 Å². The fraction of sp³-hybridized carbons (Fsp3) is 0.600. The van der Waals surface area contributed by atoms with Gasteiger partial charge in [0.2, 0.25) is 5.88 Å². The summed E-state index contributed by atoms with van der Waals surface area (Å²) < 4.78 is 5.76. The molecule has 3 nitrogen and oxygen atoms in total. The highest BCUT2D eigenvalue weighted by atomic mass is 16.5. The topological polar surface area (TPSA) is 45.9 Å². The molecular formula is C15H20N2O. The van der Waals surface area contributed by atoms with Gasteiger partial charge in [0.25, 0.3) is 0 Å². The molecule has 0 aromatic carbocycles. The summed E-state index contributed by atoms with van der Waals surface area (Å²) in [5, 5.41) is 9.02. The monoisotopic (exact) mass is 244 g/mol. The summed E-state index contributed by atoms with van der Waals surface area (Å²) in [5.74, 6) is 1.91. The average molecular weight is 244 g/mol. The summed E-state index contributed by atoms with van der Waals surface area (Å²) in [6.07, 6.45) is 5.09. The molecule has 3 heteroatoms. The maximum atomic E-state index is 9.02. The van der Waals surface area contributed by atoms with Gasteiger partial charge in [0.05, 0.1) is 6.61 Å². The predicted octanol–water partition coefficient (Wildman–Crippen LogP) is 3.47. The van der Waals surface area contributed by atoms with Gasteiger partial charge in [-0.25, -0.2) is 4.98 Å². The van der Waals surface area contributed by atoms with Crippen molar-refractivity contribution >= 4 is 0 Å². The molecule has 18 heavy (non-hydrogen) atoms. The first-order valence-electron chi connectivity index (χ1n) is 6.69. The zero-order chi connectivity index (χ0) is 13.0. The third kappa shape index (κ3) is 3.22. The van der Waals surface area contributed by atoms with E-state index in [9.17, 15) is 0 Å². The number of ether oxygens (including phenoxy) is 1. The minimum Gasteiger partial charge on any atom is -0.476 e. The van der Waals surface area contributed by atoms with Gasteiger partial charge in [0, 0.05) is 5.69 Å². The summed E-state index contributed by atoms with van der Waals surface area (Å²) in [4.78, 5) is 4.30. The third-order valence-corrected chi connectivity index (χ3v) is 3.62. The van der Waals surface area contributed by atoms with Crippen LogP contribution in [0, 0.1) is 30.1 Å². The second kappa shape index (κ2) is 5.86. The van der Waals surface area contributed by atoms with Crippen molar-refractivity contribution in [2.75, 3.05) is 6.61 Å². The molecule has 1 aliphatic carbocycles. The Balaban J connectivity index is 1.97. The van der Waals surface area contributed by atoms with Gasteiger partial charge < -0.3 is 4.74 Å². The van der Waals surface area contributed by atoms with E-state index in [1.165, 1.54) is 25.7 Å². The first-order chi connectivity index (χ1) is 8.69. The van der Waals surface area contributed by atoms with E-state index < -0.39 is 0 Å². The summed E-state index contributed by atoms with van der Waals surface area (Å²) in [7, 11) is 0. The minimum atomic E-state index is 0.496. The molecule has 0 N–H and O–H groups in total. The van der Waals surface area contributed by atoms with Crippen LogP contribution >= 0.6 is 0 Å². The molecule has 2 atom stereocenters. The molecule has 0 radical (unpaired) electrons. The van der Waals surface area contributed by atoms with Crippen molar-refractivity contribution in [3.8, 4) is 11.9 Å². The summed E-state index contributed by atoms with van der Waals surface area (Å²) >= 11 is 0. The van der Waals surface area contributed by atoms with Crippen molar-refractivity contribution in [2.45, 2.75) is 39.5 Å². The van der Waals surface area contributed by atoms with Crippen LogP contribution in [0.4, 0.5) is 0 Å². The summed E-state index contributed by atoms with van der Waals surface area (Å²) in [5.41, 5.74) is 1.42. The lowest BCUT2D eigenvalue weighted by atomic mass is 9.83. The molecule has 1 aliphatic rings. The molecule has 1 aromatic rings. The molecule has 0 amide bonds. The Morgan fingerprint density at radius 3 is 3.00 bits per heavy atom. The molecule has 0 bridgehead atoms. The molecule has 2 rings (SSSR count). The van der Waals surface area contributed by atoms with E-state index in [2.05, 4.69) is 18.0 Å². The second-order valence-electron chi connectivity index (χ2n) is 5.37. The second-order valence-corrected chi connectivity index (χ2v) is 5.37. The Hall–Kier alpha value is -1.56. The number of pyridine rings is 1. The number of nitriles is 1. The SMILES string of the molecule is Cc1ccc(C#N)c(OCC2CCCC(C)C2)n1.